The van der Waals surface area contributed by atoms with Crippen LogP contribution < -0.4 is 10.6 Å². The molecule has 0 atom stereocenters. The zero-order chi connectivity index (χ0) is 18.9. The molecular weight excluding hydrogens is 341 g/mol. The van der Waals surface area contributed by atoms with E-state index in [1.807, 2.05) is 18.2 Å². The van der Waals surface area contributed by atoms with Crippen molar-refractivity contribution < 1.29 is 9.18 Å². The van der Waals surface area contributed by atoms with Crippen LogP contribution in [0.3, 0.4) is 0 Å². The molecule has 0 aliphatic carbocycles. The van der Waals surface area contributed by atoms with E-state index in [9.17, 15) is 9.18 Å². The Kier molecular flexibility index (Phi) is 6.52. The lowest BCUT2D eigenvalue weighted by Gasteiger charge is -2.08. The van der Waals surface area contributed by atoms with Gasteiger partial charge in [-0.15, -0.1) is 0 Å². The largest absolute Gasteiger partial charge is 0.370 e. The fourth-order valence-electron chi connectivity index (χ4n) is 2.73. The van der Waals surface area contributed by atoms with E-state index in [1.165, 1.54) is 11.6 Å². The Morgan fingerprint density at radius 3 is 2.41 bits per heavy atom. The number of halogens is 1. The molecule has 27 heavy (non-hydrogen) atoms. The molecule has 1 heterocycles. The fourth-order valence-corrected chi connectivity index (χ4v) is 2.73. The highest BCUT2D eigenvalue weighted by atomic mass is 19.1. The Hall–Kier alpha value is -3.21. The second-order valence-electron chi connectivity index (χ2n) is 6.19. The van der Waals surface area contributed by atoms with Crippen LogP contribution in [0.5, 0.6) is 0 Å². The molecule has 0 unspecified atom stereocenters. The monoisotopic (exact) mass is 363 g/mol. The molecule has 0 bridgehead atoms. The normalized spacial score (nSPS) is 10.4. The van der Waals surface area contributed by atoms with Crippen molar-refractivity contribution in [2.24, 2.45) is 0 Å². The topological polar surface area (TPSA) is 54.0 Å². The highest BCUT2D eigenvalue weighted by Gasteiger charge is 2.07. The summed E-state index contributed by atoms with van der Waals surface area (Å²) in [7, 11) is 0. The highest BCUT2D eigenvalue weighted by molar-refractivity contribution is 5.94. The lowest BCUT2D eigenvalue weighted by atomic mass is 10.1. The van der Waals surface area contributed by atoms with E-state index in [4.69, 9.17) is 0 Å². The molecule has 2 aromatic carbocycles. The summed E-state index contributed by atoms with van der Waals surface area (Å²) in [4.78, 5) is 16.4. The summed E-state index contributed by atoms with van der Waals surface area (Å²) in [6, 6.07) is 20.3. The van der Waals surface area contributed by atoms with Gasteiger partial charge in [-0.25, -0.2) is 9.37 Å². The second-order valence-corrected chi connectivity index (χ2v) is 6.19. The van der Waals surface area contributed by atoms with Gasteiger partial charge in [0.2, 0.25) is 0 Å². The standard InChI is InChI=1S/C22H22FN3O/c23-20-9-5-4-8-18(20)13-15-25-22(27)19-10-11-21(26-16-19)24-14-12-17-6-2-1-3-7-17/h1-11,16H,12-15H2,(H,24,26)(H,25,27). The molecule has 0 spiro atoms. The van der Waals surface area contributed by atoms with Gasteiger partial charge in [-0.1, -0.05) is 48.5 Å². The molecule has 0 fully saturated rings. The number of amides is 1. The van der Waals surface area contributed by atoms with E-state index in [1.54, 1.807) is 36.5 Å². The summed E-state index contributed by atoms with van der Waals surface area (Å²) >= 11 is 0. The van der Waals surface area contributed by atoms with Crippen molar-refractivity contribution in [3.05, 3.63) is 95.4 Å². The first-order valence-corrected chi connectivity index (χ1v) is 8.98. The van der Waals surface area contributed by atoms with Crippen LogP contribution in [0.15, 0.2) is 72.9 Å². The first kappa shape index (κ1) is 18.6. The summed E-state index contributed by atoms with van der Waals surface area (Å²) in [5.74, 6) is 0.267. The zero-order valence-electron chi connectivity index (χ0n) is 15.0. The number of hydrogen-bond donors (Lipinski definition) is 2. The van der Waals surface area contributed by atoms with Crippen LogP contribution in [-0.4, -0.2) is 24.0 Å². The molecular formula is C22H22FN3O. The second kappa shape index (κ2) is 9.48. The van der Waals surface area contributed by atoms with Gasteiger partial charge in [0.25, 0.3) is 5.91 Å². The molecule has 3 aromatic rings. The average Bonchev–Trinajstić information content (AvgIpc) is 2.71. The number of nitrogens with zero attached hydrogens (tertiary/aromatic N) is 1. The molecule has 0 radical (unpaired) electrons. The average molecular weight is 363 g/mol. The van der Waals surface area contributed by atoms with Crippen molar-refractivity contribution in [3.8, 4) is 0 Å². The molecule has 1 aromatic heterocycles. The number of rotatable bonds is 8. The number of aromatic nitrogens is 1. The zero-order valence-corrected chi connectivity index (χ0v) is 15.0. The van der Waals surface area contributed by atoms with Crippen LogP contribution in [0.25, 0.3) is 0 Å². The van der Waals surface area contributed by atoms with Gasteiger partial charge in [-0.2, -0.15) is 0 Å². The van der Waals surface area contributed by atoms with E-state index < -0.39 is 0 Å². The van der Waals surface area contributed by atoms with Gasteiger partial charge in [0, 0.05) is 19.3 Å². The predicted molar refractivity (Wildman–Crippen MR) is 105 cm³/mol. The van der Waals surface area contributed by atoms with Gasteiger partial charge in [-0.05, 0) is 42.2 Å². The number of pyridine rings is 1. The quantitative estimate of drug-likeness (QED) is 0.639. The third kappa shape index (κ3) is 5.64. The van der Waals surface area contributed by atoms with Crippen molar-refractivity contribution in [1.29, 1.82) is 0 Å². The molecule has 3 rings (SSSR count). The minimum absolute atomic E-state index is 0.213. The molecule has 4 nitrogen and oxygen atoms in total. The Bertz CT molecular complexity index is 866. The molecule has 0 saturated carbocycles. The maximum atomic E-state index is 13.6. The van der Waals surface area contributed by atoms with Crippen LogP contribution in [-0.2, 0) is 12.8 Å². The Morgan fingerprint density at radius 2 is 1.67 bits per heavy atom. The van der Waals surface area contributed by atoms with Crippen LogP contribution in [0.1, 0.15) is 21.5 Å². The van der Waals surface area contributed by atoms with E-state index in [2.05, 4.69) is 27.8 Å². The molecule has 5 heteroatoms. The summed E-state index contributed by atoms with van der Waals surface area (Å²) in [6.07, 6.45) is 2.90. The molecule has 2 N–H and O–H groups in total. The van der Waals surface area contributed by atoms with E-state index in [-0.39, 0.29) is 11.7 Å². The van der Waals surface area contributed by atoms with Crippen molar-refractivity contribution in [3.63, 3.8) is 0 Å². The van der Waals surface area contributed by atoms with Gasteiger partial charge in [-0.3, -0.25) is 4.79 Å². The minimum Gasteiger partial charge on any atom is -0.370 e. The fraction of sp³-hybridized carbons (Fsp3) is 0.182. The SMILES string of the molecule is O=C(NCCc1ccccc1F)c1ccc(NCCc2ccccc2)nc1. The number of nitrogens with one attached hydrogen (secondary N) is 2. The summed E-state index contributed by atoms with van der Waals surface area (Å²) in [6.45, 7) is 1.14. The van der Waals surface area contributed by atoms with Gasteiger partial charge < -0.3 is 10.6 Å². The molecule has 138 valence electrons. The molecule has 0 saturated heterocycles. The third-order valence-corrected chi connectivity index (χ3v) is 4.23. The lowest BCUT2D eigenvalue weighted by molar-refractivity contribution is 0.0953. The molecule has 0 aliphatic rings. The Morgan fingerprint density at radius 1 is 0.889 bits per heavy atom. The summed E-state index contributed by atoms with van der Waals surface area (Å²) in [5.41, 5.74) is 2.34. The number of anilines is 1. The summed E-state index contributed by atoms with van der Waals surface area (Å²) < 4.78 is 13.6. The Balaban J connectivity index is 1.43. The maximum Gasteiger partial charge on any atom is 0.252 e. The summed E-state index contributed by atoms with van der Waals surface area (Å²) in [5, 5.41) is 6.04. The minimum atomic E-state index is -0.251. The Labute approximate surface area is 158 Å². The highest BCUT2D eigenvalue weighted by Crippen LogP contribution is 2.08. The van der Waals surface area contributed by atoms with E-state index >= 15 is 0 Å². The predicted octanol–water partition coefficient (Wildman–Crippen LogP) is 3.85. The number of carbonyl (C=O) groups is 1. The lowest BCUT2D eigenvalue weighted by Crippen LogP contribution is -2.26. The van der Waals surface area contributed by atoms with E-state index in [0.717, 1.165) is 18.8 Å². The van der Waals surface area contributed by atoms with Crippen LogP contribution >= 0.6 is 0 Å². The van der Waals surface area contributed by atoms with Crippen molar-refractivity contribution in [1.82, 2.24) is 10.3 Å². The van der Waals surface area contributed by atoms with Crippen molar-refractivity contribution in [2.75, 3.05) is 18.4 Å². The van der Waals surface area contributed by atoms with Crippen LogP contribution in [0.4, 0.5) is 10.2 Å². The van der Waals surface area contributed by atoms with Crippen LogP contribution in [0.2, 0.25) is 0 Å². The van der Waals surface area contributed by atoms with Crippen molar-refractivity contribution in [2.45, 2.75) is 12.8 Å². The molecule has 0 aliphatic heterocycles. The van der Waals surface area contributed by atoms with Crippen LogP contribution in [0, 0.1) is 5.82 Å². The van der Waals surface area contributed by atoms with Gasteiger partial charge >= 0.3 is 0 Å². The smallest absolute Gasteiger partial charge is 0.252 e. The first-order chi connectivity index (χ1) is 13.2. The third-order valence-electron chi connectivity index (χ3n) is 4.23. The maximum absolute atomic E-state index is 13.6. The van der Waals surface area contributed by atoms with Gasteiger partial charge in [0.1, 0.15) is 11.6 Å². The van der Waals surface area contributed by atoms with E-state index in [0.29, 0.717) is 24.1 Å². The number of hydrogen-bond acceptors (Lipinski definition) is 3. The first-order valence-electron chi connectivity index (χ1n) is 8.98. The number of benzene rings is 2. The molecule has 1 amide bonds. The van der Waals surface area contributed by atoms with Gasteiger partial charge in [0.05, 0.1) is 5.56 Å². The number of carbonyl (C=O) groups excluding carboxylic acids is 1. The van der Waals surface area contributed by atoms with Crippen molar-refractivity contribution >= 4 is 11.7 Å². The van der Waals surface area contributed by atoms with Gasteiger partial charge in [0.15, 0.2) is 0 Å².